The Labute approximate surface area is 212 Å². The van der Waals surface area contributed by atoms with Gasteiger partial charge in [-0.15, -0.1) is 0 Å². The highest BCUT2D eigenvalue weighted by Crippen LogP contribution is 2.35. The summed E-state index contributed by atoms with van der Waals surface area (Å²) in [6.07, 6.45) is 0.440. The number of sulfonamides is 1. The van der Waals surface area contributed by atoms with Gasteiger partial charge < -0.3 is 4.74 Å². The van der Waals surface area contributed by atoms with Gasteiger partial charge in [0.2, 0.25) is 10.0 Å². The fourth-order valence-corrected chi connectivity index (χ4v) is 6.42. The Bertz CT molecular complexity index is 1260. The van der Waals surface area contributed by atoms with Crippen LogP contribution in [0.4, 0.5) is 10.5 Å². The molecule has 0 unspecified atom stereocenters. The van der Waals surface area contributed by atoms with Crippen molar-refractivity contribution in [3.8, 4) is 0 Å². The maximum atomic E-state index is 13.1. The molecule has 0 aromatic heterocycles. The van der Waals surface area contributed by atoms with E-state index in [0.29, 0.717) is 37.1 Å². The van der Waals surface area contributed by atoms with Crippen LogP contribution in [0, 0.1) is 17.0 Å². The fourth-order valence-electron chi connectivity index (χ4n) is 4.79. The quantitative estimate of drug-likeness (QED) is 0.413. The molecule has 10 heteroatoms. The first-order valence-corrected chi connectivity index (χ1v) is 13.7. The highest BCUT2D eigenvalue weighted by atomic mass is 32.2. The third-order valence-corrected chi connectivity index (χ3v) is 8.97. The minimum absolute atomic E-state index is 0.0530. The van der Waals surface area contributed by atoms with Gasteiger partial charge in [-0.3, -0.25) is 15.0 Å². The predicted octanol–water partition coefficient (Wildman–Crippen LogP) is 4.52. The molecule has 4 rings (SSSR count). The zero-order chi connectivity index (χ0) is 26.3. The van der Waals surface area contributed by atoms with E-state index in [1.165, 1.54) is 22.0 Å². The third kappa shape index (κ3) is 5.54. The SMILES string of the molecule is Cc1ccc([N+](=O)[O-])cc1CS(=O)(=O)N1CCC2(CC1)CN(Cc1ccc(C(C)(C)C)cc1)C(=O)O2. The van der Waals surface area contributed by atoms with Gasteiger partial charge in [-0.1, -0.05) is 51.1 Å². The maximum absolute atomic E-state index is 13.1. The number of nitro groups is 1. The summed E-state index contributed by atoms with van der Waals surface area (Å²) in [6, 6.07) is 12.5. The second-order valence-corrected chi connectivity index (χ2v) is 12.8. The summed E-state index contributed by atoms with van der Waals surface area (Å²) >= 11 is 0. The molecular formula is C26H33N3O6S. The number of nitro benzene ring substituents is 1. The summed E-state index contributed by atoms with van der Waals surface area (Å²) in [7, 11) is -3.68. The highest BCUT2D eigenvalue weighted by molar-refractivity contribution is 7.88. The van der Waals surface area contributed by atoms with E-state index in [-0.39, 0.29) is 36.0 Å². The lowest BCUT2D eigenvalue weighted by atomic mass is 9.86. The van der Waals surface area contributed by atoms with Crippen LogP contribution in [-0.4, -0.2) is 53.9 Å². The zero-order valence-electron chi connectivity index (χ0n) is 21.2. The number of carbonyl (C=O) groups excluding carboxylic acids is 1. The third-order valence-electron chi connectivity index (χ3n) is 7.14. The number of carbonyl (C=O) groups is 1. The largest absolute Gasteiger partial charge is 0.441 e. The Balaban J connectivity index is 1.38. The van der Waals surface area contributed by atoms with Crippen LogP contribution in [0.3, 0.4) is 0 Å². The van der Waals surface area contributed by atoms with Crippen LogP contribution in [0.1, 0.15) is 55.9 Å². The van der Waals surface area contributed by atoms with Crippen LogP contribution in [0.25, 0.3) is 0 Å². The molecule has 2 aliphatic rings. The van der Waals surface area contributed by atoms with Crippen molar-refractivity contribution in [1.82, 2.24) is 9.21 Å². The average molecular weight is 516 g/mol. The Morgan fingerprint density at radius 2 is 1.72 bits per heavy atom. The molecule has 1 amide bonds. The number of hydrogen-bond donors (Lipinski definition) is 0. The molecule has 2 saturated heterocycles. The van der Waals surface area contributed by atoms with Crippen LogP contribution >= 0.6 is 0 Å². The van der Waals surface area contributed by atoms with E-state index in [2.05, 4.69) is 32.9 Å². The summed E-state index contributed by atoms with van der Waals surface area (Å²) in [4.78, 5) is 24.9. The van der Waals surface area contributed by atoms with Gasteiger partial charge in [-0.2, -0.15) is 0 Å². The number of rotatable bonds is 6. The van der Waals surface area contributed by atoms with Crippen LogP contribution in [0.15, 0.2) is 42.5 Å². The molecule has 2 aliphatic heterocycles. The van der Waals surface area contributed by atoms with Crippen LogP contribution in [-0.2, 0) is 32.5 Å². The van der Waals surface area contributed by atoms with E-state index in [0.717, 1.165) is 5.56 Å². The lowest BCUT2D eigenvalue weighted by Crippen LogP contribution is -2.48. The van der Waals surface area contributed by atoms with Crippen molar-refractivity contribution in [3.05, 3.63) is 74.8 Å². The summed E-state index contributed by atoms with van der Waals surface area (Å²) in [5, 5.41) is 11.1. The molecule has 1 spiro atoms. The highest BCUT2D eigenvalue weighted by Gasteiger charge is 2.48. The number of amides is 1. The predicted molar refractivity (Wildman–Crippen MR) is 136 cm³/mol. The molecule has 2 heterocycles. The minimum Gasteiger partial charge on any atom is -0.441 e. The van der Waals surface area contributed by atoms with Crippen molar-refractivity contribution in [2.24, 2.45) is 0 Å². The molecule has 194 valence electrons. The molecule has 0 radical (unpaired) electrons. The first-order chi connectivity index (χ1) is 16.8. The number of non-ortho nitro benzene ring substituents is 1. The van der Waals surface area contributed by atoms with Gasteiger partial charge in [0.1, 0.15) is 5.60 Å². The number of nitrogens with zero attached hydrogens (tertiary/aromatic N) is 3. The Morgan fingerprint density at radius 3 is 2.31 bits per heavy atom. The molecule has 0 aliphatic carbocycles. The van der Waals surface area contributed by atoms with Crippen molar-refractivity contribution in [2.75, 3.05) is 19.6 Å². The Morgan fingerprint density at radius 1 is 1.08 bits per heavy atom. The van der Waals surface area contributed by atoms with Crippen LogP contribution < -0.4 is 0 Å². The molecule has 0 N–H and O–H groups in total. The average Bonchev–Trinajstić information content (AvgIpc) is 3.09. The van der Waals surface area contributed by atoms with Gasteiger partial charge in [0.25, 0.3) is 5.69 Å². The van der Waals surface area contributed by atoms with E-state index in [4.69, 9.17) is 4.74 Å². The van der Waals surface area contributed by atoms with E-state index in [1.54, 1.807) is 17.9 Å². The van der Waals surface area contributed by atoms with Crippen molar-refractivity contribution < 1.29 is 22.9 Å². The standard InChI is InChI=1S/C26H33N3O6S/c1-19-5-10-23(29(31)32)15-21(19)17-36(33,34)28-13-11-26(12-14-28)18-27(24(30)35-26)16-20-6-8-22(9-7-20)25(2,3)4/h5-10,15H,11-14,16-18H2,1-4H3. The van der Waals surface area contributed by atoms with Gasteiger partial charge in [0.05, 0.1) is 17.2 Å². The summed E-state index contributed by atoms with van der Waals surface area (Å²) in [5.41, 5.74) is 2.57. The van der Waals surface area contributed by atoms with Crippen molar-refractivity contribution in [3.63, 3.8) is 0 Å². The number of benzene rings is 2. The monoisotopic (exact) mass is 515 g/mol. The minimum atomic E-state index is -3.68. The van der Waals surface area contributed by atoms with Gasteiger partial charge in [-0.05, 0) is 34.6 Å². The molecule has 0 saturated carbocycles. The van der Waals surface area contributed by atoms with E-state index in [9.17, 15) is 23.3 Å². The molecule has 0 atom stereocenters. The summed E-state index contributed by atoms with van der Waals surface area (Å²) < 4.78 is 33.4. The first-order valence-electron chi connectivity index (χ1n) is 12.1. The number of piperidine rings is 1. The van der Waals surface area contributed by atoms with Gasteiger partial charge in [-0.25, -0.2) is 17.5 Å². The summed E-state index contributed by atoms with van der Waals surface area (Å²) in [6.45, 7) is 9.53. The smallest absolute Gasteiger partial charge is 0.410 e. The second-order valence-electron chi connectivity index (χ2n) is 10.9. The molecule has 2 fully saturated rings. The Hall–Kier alpha value is -2.98. The molecular weight excluding hydrogens is 482 g/mol. The van der Waals surface area contributed by atoms with E-state index >= 15 is 0 Å². The van der Waals surface area contributed by atoms with Crippen LogP contribution in [0.2, 0.25) is 0 Å². The van der Waals surface area contributed by atoms with Gasteiger partial charge in [0, 0.05) is 44.6 Å². The summed E-state index contributed by atoms with van der Waals surface area (Å²) in [5.74, 6) is -0.302. The molecule has 9 nitrogen and oxygen atoms in total. The topological polar surface area (TPSA) is 110 Å². The molecule has 0 bridgehead atoms. The number of hydrogen-bond acceptors (Lipinski definition) is 6. The second kappa shape index (κ2) is 9.48. The first kappa shape index (κ1) is 26.1. The van der Waals surface area contributed by atoms with Crippen LogP contribution in [0.5, 0.6) is 0 Å². The lowest BCUT2D eigenvalue weighted by molar-refractivity contribution is -0.384. The van der Waals surface area contributed by atoms with E-state index < -0.39 is 20.5 Å². The molecule has 2 aromatic rings. The molecule has 36 heavy (non-hydrogen) atoms. The lowest BCUT2D eigenvalue weighted by Gasteiger charge is -2.36. The van der Waals surface area contributed by atoms with Gasteiger partial charge >= 0.3 is 6.09 Å². The fraction of sp³-hybridized carbons (Fsp3) is 0.500. The van der Waals surface area contributed by atoms with Crippen molar-refractivity contribution >= 4 is 21.8 Å². The van der Waals surface area contributed by atoms with E-state index in [1.807, 2.05) is 12.1 Å². The normalized spacial score (nSPS) is 18.4. The molecule has 2 aromatic carbocycles. The Kier molecular flexibility index (Phi) is 6.87. The zero-order valence-corrected chi connectivity index (χ0v) is 22.0. The van der Waals surface area contributed by atoms with Crippen molar-refractivity contribution in [1.29, 1.82) is 0 Å². The van der Waals surface area contributed by atoms with Gasteiger partial charge in [0.15, 0.2) is 0 Å². The number of aryl methyl sites for hydroxylation is 1. The van der Waals surface area contributed by atoms with Crippen molar-refractivity contribution in [2.45, 2.75) is 63.9 Å². The number of ether oxygens (including phenoxy) is 1. The maximum Gasteiger partial charge on any atom is 0.410 e.